The normalized spacial score (nSPS) is 17.8. The fourth-order valence-electron chi connectivity index (χ4n) is 2.44. The molecule has 0 aliphatic heterocycles. The Morgan fingerprint density at radius 1 is 1.33 bits per heavy atom. The quantitative estimate of drug-likeness (QED) is 0.841. The summed E-state index contributed by atoms with van der Waals surface area (Å²) in [4.78, 5) is 2.37. The molecule has 1 fully saturated rings. The van der Waals surface area contributed by atoms with Gasteiger partial charge in [-0.1, -0.05) is 18.6 Å². The highest BCUT2D eigenvalue weighted by Crippen LogP contribution is 2.27. The highest BCUT2D eigenvalue weighted by atomic mass is 19.1. The molecule has 0 aromatic heterocycles. The van der Waals surface area contributed by atoms with Gasteiger partial charge in [-0.2, -0.15) is 0 Å². The van der Waals surface area contributed by atoms with Crippen LogP contribution in [0.2, 0.25) is 0 Å². The van der Waals surface area contributed by atoms with Crippen molar-refractivity contribution in [3.63, 3.8) is 0 Å². The van der Waals surface area contributed by atoms with E-state index in [-0.39, 0.29) is 11.9 Å². The van der Waals surface area contributed by atoms with Crippen LogP contribution in [0.1, 0.15) is 37.3 Å². The molecule has 2 nitrogen and oxygen atoms in total. The highest BCUT2D eigenvalue weighted by molar-refractivity contribution is 5.19. The summed E-state index contributed by atoms with van der Waals surface area (Å²) in [7, 11) is 2.16. The molecular formula is C15H23FN2. The maximum absolute atomic E-state index is 12.8. The molecule has 1 aliphatic carbocycles. The Labute approximate surface area is 109 Å². The molecule has 3 heteroatoms. The van der Waals surface area contributed by atoms with Gasteiger partial charge >= 0.3 is 0 Å². The highest BCUT2D eigenvalue weighted by Gasteiger charge is 2.19. The molecule has 2 rings (SSSR count). The summed E-state index contributed by atoms with van der Waals surface area (Å²) in [6.45, 7) is 2.20. The Morgan fingerprint density at radius 3 is 2.56 bits per heavy atom. The number of benzene rings is 1. The molecule has 1 aromatic carbocycles. The lowest BCUT2D eigenvalue weighted by Crippen LogP contribution is -2.31. The van der Waals surface area contributed by atoms with E-state index in [9.17, 15) is 4.39 Å². The summed E-state index contributed by atoms with van der Waals surface area (Å²) in [5.41, 5.74) is 7.14. The van der Waals surface area contributed by atoms with Crippen molar-refractivity contribution in [1.29, 1.82) is 0 Å². The maximum Gasteiger partial charge on any atom is 0.123 e. The van der Waals surface area contributed by atoms with Crippen LogP contribution in [-0.4, -0.2) is 25.0 Å². The topological polar surface area (TPSA) is 29.3 Å². The van der Waals surface area contributed by atoms with E-state index in [0.717, 1.165) is 24.4 Å². The smallest absolute Gasteiger partial charge is 0.123 e. The molecule has 1 saturated carbocycles. The minimum atomic E-state index is -0.201. The standard InChI is InChI=1S/C15H23FN2/c1-18(11-12-3-2-4-12)10-9-15(17)13-5-7-14(16)8-6-13/h5-8,12,15H,2-4,9-11,17H2,1H3. The van der Waals surface area contributed by atoms with Crippen molar-refractivity contribution < 1.29 is 4.39 Å². The zero-order valence-electron chi connectivity index (χ0n) is 11.1. The molecule has 1 aliphatic rings. The van der Waals surface area contributed by atoms with Crippen LogP contribution in [-0.2, 0) is 0 Å². The zero-order chi connectivity index (χ0) is 13.0. The van der Waals surface area contributed by atoms with E-state index in [1.165, 1.54) is 37.9 Å². The molecule has 0 radical (unpaired) electrons. The lowest BCUT2D eigenvalue weighted by Gasteiger charge is -2.30. The van der Waals surface area contributed by atoms with Gasteiger partial charge in [0, 0.05) is 12.6 Å². The van der Waals surface area contributed by atoms with E-state index in [4.69, 9.17) is 5.73 Å². The van der Waals surface area contributed by atoms with Crippen molar-refractivity contribution in [2.75, 3.05) is 20.1 Å². The van der Waals surface area contributed by atoms with Crippen LogP contribution in [0.25, 0.3) is 0 Å². The summed E-state index contributed by atoms with van der Waals surface area (Å²) in [5, 5.41) is 0. The molecule has 0 saturated heterocycles. The Kier molecular flexibility index (Phi) is 4.72. The fraction of sp³-hybridized carbons (Fsp3) is 0.600. The zero-order valence-corrected chi connectivity index (χ0v) is 11.1. The summed E-state index contributed by atoms with van der Waals surface area (Å²) in [6.07, 6.45) is 5.09. The monoisotopic (exact) mass is 250 g/mol. The summed E-state index contributed by atoms with van der Waals surface area (Å²) < 4.78 is 12.8. The molecule has 18 heavy (non-hydrogen) atoms. The molecule has 0 heterocycles. The lowest BCUT2D eigenvalue weighted by atomic mass is 9.85. The van der Waals surface area contributed by atoms with Gasteiger partial charge in [-0.15, -0.1) is 0 Å². The molecule has 100 valence electrons. The van der Waals surface area contributed by atoms with Crippen LogP contribution in [0, 0.1) is 11.7 Å². The second kappa shape index (κ2) is 6.30. The molecule has 2 N–H and O–H groups in total. The molecule has 1 unspecified atom stereocenters. The second-order valence-corrected chi connectivity index (χ2v) is 5.51. The van der Waals surface area contributed by atoms with E-state index >= 15 is 0 Å². The second-order valence-electron chi connectivity index (χ2n) is 5.51. The Balaban J connectivity index is 1.73. The van der Waals surface area contributed by atoms with Gasteiger partial charge < -0.3 is 10.6 Å². The predicted molar refractivity (Wildman–Crippen MR) is 72.8 cm³/mol. The first-order valence-electron chi connectivity index (χ1n) is 6.85. The van der Waals surface area contributed by atoms with Crippen molar-refractivity contribution >= 4 is 0 Å². The Morgan fingerprint density at radius 2 is 2.00 bits per heavy atom. The first kappa shape index (κ1) is 13.5. The largest absolute Gasteiger partial charge is 0.324 e. The first-order chi connectivity index (χ1) is 8.65. The Bertz CT molecular complexity index is 359. The summed E-state index contributed by atoms with van der Waals surface area (Å²) in [5.74, 6) is 0.699. The van der Waals surface area contributed by atoms with E-state index in [1.54, 1.807) is 12.1 Å². The number of nitrogens with two attached hydrogens (primary N) is 1. The van der Waals surface area contributed by atoms with Gasteiger partial charge in [-0.05, 0) is 56.5 Å². The van der Waals surface area contributed by atoms with Gasteiger partial charge in [-0.25, -0.2) is 4.39 Å². The van der Waals surface area contributed by atoms with Gasteiger partial charge in [0.2, 0.25) is 0 Å². The van der Waals surface area contributed by atoms with Crippen LogP contribution < -0.4 is 5.73 Å². The molecule has 1 aromatic rings. The Hall–Kier alpha value is -0.930. The van der Waals surface area contributed by atoms with Crippen LogP contribution in [0.15, 0.2) is 24.3 Å². The van der Waals surface area contributed by atoms with Gasteiger partial charge in [0.1, 0.15) is 5.82 Å². The van der Waals surface area contributed by atoms with Gasteiger partial charge in [0.05, 0.1) is 0 Å². The van der Waals surface area contributed by atoms with Gasteiger partial charge in [0.15, 0.2) is 0 Å². The molecule has 0 amide bonds. The molecular weight excluding hydrogens is 227 g/mol. The van der Waals surface area contributed by atoms with Crippen molar-refractivity contribution in [1.82, 2.24) is 4.90 Å². The third-order valence-electron chi connectivity index (χ3n) is 3.91. The van der Waals surface area contributed by atoms with E-state index < -0.39 is 0 Å². The SMILES string of the molecule is CN(CCC(N)c1ccc(F)cc1)CC1CCC1. The third kappa shape index (κ3) is 3.79. The third-order valence-corrected chi connectivity index (χ3v) is 3.91. The van der Waals surface area contributed by atoms with Crippen molar-refractivity contribution in [2.45, 2.75) is 31.7 Å². The fourth-order valence-corrected chi connectivity index (χ4v) is 2.44. The number of rotatable bonds is 6. The molecule has 0 spiro atoms. The minimum absolute atomic E-state index is 0.00874. The number of hydrogen-bond donors (Lipinski definition) is 1. The average Bonchev–Trinajstić information content (AvgIpc) is 2.32. The van der Waals surface area contributed by atoms with Gasteiger partial charge in [0.25, 0.3) is 0 Å². The van der Waals surface area contributed by atoms with Crippen molar-refractivity contribution in [2.24, 2.45) is 11.7 Å². The van der Waals surface area contributed by atoms with Crippen LogP contribution in [0.5, 0.6) is 0 Å². The number of hydrogen-bond acceptors (Lipinski definition) is 2. The van der Waals surface area contributed by atoms with Crippen molar-refractivity contribution in [3.05, 3.63) is 35.6 Å². The maximum atomic E-state index is 12.8. The summed E-state index contributed by atoms with van der Waals surface area (Å²) in [6, 6.07) is 6.53. The van der Waals surface area contributed by atoms with E-state index in [1.807, 2.05) is 0 Å². The lowest BCUT2D eigenvalue weighted by molar-refractivity contribution is 0.201. The van der Waals surface area contributed by atoms with Gasteiger partial charge in [-0.3, -0.25) is 0 Å². The van der Waals surface area contributed by atoms with Crippen LogP contribution >= 0.6 is 0 Å². The van der Waals surface area contributed by atoms with E-state index in [2.05, 4.69) is 11.9 Å². The number of nitrogens with zero attached hydrogens (tertiary/aromatic N) is 1. The van der Waals surface area contributed by atoms with Crippen LogP contribution in [0.3, 0.4) is 0 Å². The first-order valence-corrected chi connectivity index (χ1v) is 6.85. The summed E-state index contributed by atoms with van der Waals surface area (Å²) >= 11 is 0. The average molecular weight is 250 g/mol. The molecule has 1 atom stereocenters. The minimum Gasteiger partial charge on any atom is -0.324 e. The molecule has 0 bridgehead atoms. The van der Waals surface area contributed by atoms with E-state index in [0.29, 0.717) is 0 Å². The van der Waals surface area contributed by atoms with Crippen molar-refractivity contribution in [3.8, 4) is 0 Å². The number of halogens is 1. The predicted octanol–water partition coefficient (Wildman–Crippen LogP) is 2.95. The van der Waals surface area contributed by atoms with Crippen LogP contribution in [0.4, 0.5) is 4.39 Å².